The second-order valence-electron chi connectivity index (χ2n) is 9.94. The molecule has 4 rings (SSSR count). The summed E-state index contributed by atoms with van der Waals surface area (Å²) in [5.74, 6) is 0. The van der Waals surface area contributed by atoms with E-state index < -0.39 is 0 Å². The Kier molecular flexibility index (Phi) is 10.9. The predicted octanol–water partition coefficient (Wildman–Crippen LogP) is 6.50. The van der Waals surface area contributed by atoms with E-state index in [1.54, 1.807) is 0 Å². The van der Waals surface area contributed by atoms with Crippen LogP contribution in [0.4, 0.5) is 0 Å². The van der Waals surface area contributed by atoms with E-state index in [9.17, 15) is 0 Å². The summed E-state index contributed by atoms with van der Waals surface area (Å²) < 4.78 is 0. The second-order valence-corrected chi connectivity index (χ2v) is 9.94. The molecule has 0 saturated heterocycles. The quantitative estimate of drug-likeness (QED) is 0.215. The highest BCUT2D eigenvalue weighted by atomic mass is 15.6. The molecular weight excluding hydrogens is 426 g/mol. The van der Waals surface area contributed by atoms with Crippen LogP contribution < -0.4 is 5.32 Å². The maximum Gasteiger partial charge on any atom is 0.0384 e. The topological polar surface area (TPSA) is 18.5 Å². The molecule has 186 valence electrons. The lowest BCUT2D eigenvalue weighted by Gasteiger charge is -2.36. The van der Waals surface area contributed by atoms with Gasteiger partial charge >= 0.3 is 0 Å². The molecule has 1 aliphatic carbocycles. The minimum absolute atomic E-state index is 0.736. The molecule has 1 aliphatic rings. The van der Waals surface area contributed by atoms with Crippen molar-refractivity contribution in [2.75, 3.05) is 26.2 Å². The predicted molar refractivity (Wildman–Crippen MR) is 148 cm³/mol. The van der Waals surface area contributed by atoms with Crippen LogP contribution in [0.3, 0.4) is 0 Å². The van der Waals surface area contributed by atoms with Gasteiger partial charge in [0.25, 0.3) is 0 Å². The number of benzene rings is 3. The zero-order chi connectivity index (χ0) is 24.0. The molecule has 0 bridgehead atoms. The third-order valence-corrected chi connectivity index (χ3v) is 7.24. The van der Waals surface area contributed by atoms with Crippen LogP contribution in [0.15, 0.2) is 91.0 Å². The summed E-state index contributed by atoms with van der Waals surface area (Å²) in [5.41, 5.74) is 4.21. The van der Waals surface area contributed by atoms with Gasteiger partial charge in [-0.15, -0.1) is 0 Å². The van der Waals surface area contributed by atoms with Crippen molar-refractivity contribution >= 4 is 0 Å². The average Bonchev–Trinajstić information content (AvgIpc) is 2.93. The number of hydrazine groups is 1. The summed E-state index contributed by atoms with van der Waals surface area (Å²) in [6, 6.07) is 33.6. The Balaban J connectivity index is 1.41. The van der Waals surface area contributed by atoms with E-state index in [-0.39, 0.29) is 0 Å². The van der Waals surface area contributed by atoms with Crippen molar-refractivity contribution in [2.24, 2.45) is 0 Å². The largest absolute Gasteiger partial charge is 0.314 e. The Morgan fingerprint density at radius 3 is 1.66 bits per heavy atom. The molecule has 0 heterocycles. The molecule has 0 aromatic heterocycles. The first-order valence-corrected chi connectivity index (χ1v) is 13.7. The van der Waals surface area contributed by atoms with Gasteiger partial charge in [-0.25, -0.2) is 10.0 Å². The van der Waals surface area contributed by atoms with Crippen LogP contribution in [0.2, 0.25) is 0 Å². The van der Waals surface area contributed by atoms with Gasteiger partial charge in [0.1, 0.15) is 0 Å². The van der Waals surface area contributed by atoms with Crippen molar-refractivity contribution in [3.05, 3.63) is 108 Å². The van der Waals surface area contributed by atoms with Crippen LogP contribution in [0.1, 0.15) is 55.2 Å². The van der Waals surface area contributed by atoms with Gasteiger partial charge in [-0.2, -0.15) is 0 Å². The summed E-state index contributed by atoms with van der Waals surface area (Å²) in [4.78, 5) is 0. The van der Waals surface area contributed by atoms with Crippen LogP contribution in [0, 0.1) is 0 Å². The maximum atomic E-state index is 3.85. The van der Waals surface area contributed by atoms with E-state index in [0.717, 1.165) is 51.6 Å². The highest BCUT2D eigenvalue weighted by Gasteiger charge is 2.17. The summed E-state index contributed by atoms with van der Waals surface area (Å²) in [6.07, 6.45) is 10.2. The van der Waals surface area contributed by atoms with Gasteiger partial charge in [-0.05, 0) is 55.3 Å². The molecule has 0 amide bonds. The van der Waals surface area contributed by atoms with Gasteiger partial charge in [-0.1, -0.05) is 110 Å². The summed E-state index contributed by atoms with van der Waals surface area (Å²) in [6.45, 7) is 5.25. The van der Waals surface area contributed by atoms with Gasteiger partial charge in [-0.3, -0.25) is 0 Å². The van der Waals surface area contributed by atoms with Crippen molar-refractivity contribution in [3.63, 3.8) is 0 Å². The molecule has 3 nitrogen and oxygen atoms in total. The van der Waals surface area contributed by atoms with Crippen molar-refractivity contribution < 1.29 is 0 Å². The minimum Gasteiger partial charge on any atom is -0.314 e. The standard InChI is InChI=1S/C32H43N3/c1-5-14-29(15-6-1)22-26-34(25-13-24-33-32-20-11-4-12-21-32)35(28-31-18-9-3-10-19-31)27-23-30-16-7-2-8-17-30/h1-3,5-10,14-19,32-33H,4,11-13,20-28H2. The molecule has 0 spiro atoms. The highest BCUT2D eigenvalue weighted by molar-refractivity contribution is 5.17. The normalized spacial score (nSPS) is 14.6. The molecule has 3 aromatic rings. The molecular formula is C32H43N3. The number of rotatable bonds is 14. The first-order valence-electron chi connectivity index (χ1n) is 13.7. The maximum absolute atomic E-state index is 3.85. The van der Waals surface area contributed by atoms with Gasteiger partial charge in [0.2, 0.25) is 0 Å². The smallest absolute Gasteiger partial charge is 0.0384 e. The average molecular weight is 470 g/mol. The summed E-state index contributed by atoms with van der Waals surface area (Å²) in [7, 11) is 0. The fraction of sp³-hybridized carbons (Fsp3) is 0.438. The number of hydrogen-bond donors (Lipinski definition) is 1. The molecule has 0 aliphatic heterocycles. The fourth-order valence-corrected chi connectivity index (χ4v) is 5.19. The van der Waals surface area contributed by atoms with Crippen molar-refractivity contribution in [1.29, 1.82) is 0 Å². The monoisotopic (exact) mass is 469 g/mol. The van der Waals surface area contributed by atoms with Crippen molar-refractivity contribution in [2.45, 2.75) is 64.0 Å². The SMILES string of the molecule is c1ccc(CCN(CCCNC2CCCCC2)N(CCc2ccccc2)Cc2ccccc2)cc1. The molecule has 1 saturated carbocycles. The first-order chi connectivity index (χ1) is 17.4. The number of nitrogens with zero attached hydrogens (tertiary/aromatic N) is 2. The van der Waals surface area contributed by atoms with Crippen LogP contribution >= 0.6 is 0 Å². The number of nitrogens with one attached hydrogen (secondary N) is 1. The lowest BCUT2D eigenvalue weighted by atomic mass is 9.95. The molecule has 3 aromatic carbocycles. The zero-order valence-electron chi connectivity index (χ0n) is 21.3. The molecule has 1 fully saturated rings. The van der Waals surface area contributed by atoms with Gasteiger partial charge in [0, 0.05) is 32.2 Å². The third-order valence-electron chi connectivity index (χ3n) is 7.24. The Morgan fingerprint density at radius 1 is 0.571 bits per heavy atom. The fourth-order valence-electron chi connectivity index (χ4n) is 5.19. The highest BCUT2D eigenvalue weighted by Crippen LogP contribution is 2.17. The minimum atomic E-state index is 0.736. The van der Waals surface area contributed by atoms with Gasteiger partial charge in [0.05, 0.1) is 0 Å². The molecule has 1 N–H and O–H groups in total. The van der Waals surface area contributed by atoms with E-state index >= 15 is 0 Å². The van der Waals surface area contributed by atoms with E-state index in [4.69, 9.17) is 0 Å². The summed E-state index contributed by atoms with van der Waals surface area (Å²) in [5, 5.41) is 9.09. The molecule has 0 unspecified atom stereocenters. The van der Waals surface area contributed by atoms with Crippen LogP contribution in [-0.2, 0) is 19.4 Å². The molecule has 3 heteroatoms. The first kappa shape index (κ1) is 25.6. The Hall–Kier alpha value is -2.46. The third kappa shape index (κ3) is 9.25. The number of hydrogen-bond acceptors (Lipinski definition) is 3. The molecule has 0 radical (unpaired) electrons. The second kappa shape index (κ2) is 14.8. The zero-order valence-corrected chi connectivity index (χ0v) is 21.3. The van der Waals surface area contributed by atoms with Crippen molar-refractivity contribution in [1.82, 2.24) is 15.3 Å². The molecule has 0 atom stereocenters. The Morgan fingerprint density at radius 2 is 1.09 bits per heavy atom. The van der Waals surface area contributed by atoms with Crippen LogP contribution in [0.5, 0.6) is 0 Å². The van der Waals surface area contributed by atoms with Gasteiger partial charge < -0.3 is 5.32 Å². The Bertz CT molecular complexity index is 923. The van der Waals surface area contributed by atoms with Crippen molar-refractivity contribution in [3.8, 4) is 0 Å². The van der Waals surface area contributed by atoms with E-state index in [0.29, 0.717) is 0 Å². The van der Waals surface area contributed by atoms with E-state index in [1.807, 2.05) is 0 Å². The van der Waals surface area contributed by atoms with E-state index in [2.05, 4.69) is 106 Å². The Labute approximate surface area is 213 Å². The van der Waals surface area contributed by atoms with Crippen LogP contribution in [-0.4, -0.2) is 42.2 Å². The van der Waals surface area contributed by atoms with Gasteiger partial charge in [0.15, 0.2) is 0 Å². The van der Waals surface area contributed by atoms with Crippen LogP contribution in [0.25, 0.3) is 0 Å². The van der Waals surface area contributed by atoms with E-state index in [1.165, 1.54) is 55.2 Å². The lowest BCUT2D eigenvalue weighted by molar-refractivity contribution is -0.0326. The molecule has 35 heavy (non-hydrogen) atoms. The lowest BCUT2D eigenvalue weighted by Crippen LogP contribution is -2.45. The summed E-state index contributed by atoms with van der Waals surface area (Å²) >= 11 is 0.